The van der Waals surface area contributed by atoms with Crippen LogP contribution in [-0.2, 0) is 7.05 Å². The van der Waals surface area contributed by atoms with E-state index in [4.69, 9.17) is 16.3 Å². The van der Waals surface area contributed by atoms with E-state index in [0.29, 0.717) is 17.4 Å². The number of hydrogen-bond donors (Lipinski definition) is 3. The molecule has 0 saturated carbocycles. The number of aromatic nitrogens is 4. The number of rotatable bonds is 6. The molecule has 0 bridgehead atoms. The maximum Gasteiger partial charge on any atom is 0.337 e. The highest BCUT2D eigenvalue weighted by Crippen LogP contribution is 2.29. The van der Waals surface area contributed by atoms with Crippen LogP contribution in [0.5, 0.6) is 5.88 Å². The van der Waals surface area contributed by atoms with Crippen LogP contribution in [0.25, 0.3) is 11.0 Å². The Morgan fingerprint density at radius 1 is 1.17 bits per heavy atom. The summed E-state index contributed by atoms with van der Waals surface area (Å²) >= 11 is 6.01. The van der Waals surface area contributed by atoms with Gasteiger partial charge in [-0.05, 0) is 44.4 Å². The second-order valence-electron chi connectivity index (χ2n) is 7.55. The van der Waals surface area contributed by atoms with Crippen molar-refractivity contribution in [2.45, 2.75) is 46.6 Å². The Morgan fingerprint density at radius 2 is 1.90 bits per heavy atom. The molecule has 0 fully saturated rings. The average Bonchev–Trinajstić information content (AvgIpc) is 2.92. The smallest absolute Gasteiger partial charge is 0.337 e. The number of hydrazine groups is 1. The van der Waals surface area contributed by atoms with Crippen LogP contribution in [0.3, 0.4) is 0 Å². The molecular weight excluding hydrogens is 406 g/mol. The summed E-state index contributed by atoms with van der Waals surface area (Å²) in [5.41, 5.74) is 8.68. The zero-order valence-electron chi connectivity index (χ0n) is 17.9. The number of carbonyl (C=O) groups is 1. The summed E-state index contributed by atoms with van der Waals surface area (Å²) in [6, 6.07) is 4.57. The van der Waals surface area contributed by atoms with Gasteiger partial charge in [-0.3, -0.25) is 15.5 Å². The zero-order chi connectivity index (χ0) is 22.0. The number of anilines is 2. The van der Waals surface area contributed by atoms with E-state index >= 15 is 0 Å². The van der Waals surface area contributed by atoms with E-state index in [2.05, 4.69) is 45.1 Å². The predicted molar refractivity (Wildman–Crippen MR) is 118 cm³/mol. The molecule has 3 rings (SSSR count). The minimum absolute atomic E-state index is 0.0638. The number of amides is 2. The summed E-state index contributed by atoms with van der Waals surface area (Å²) in [7, 11) is 1.85. The normalized spacial score (nSPS) is 11.2. The van der Waals surface area contributed by atoms with Crippen LogP contribution >= 0.6 is 11.6 Å². The van der Waals surface area contributed by atoms with E-state index in [1.165, 1.54) is 6.07 Å². The molecule has 0 spiro atoms. The highest BCUT2D eigenvalue weighted by molar-refractivity contribution is 6.29. The van der Waals surface area contributed by atoms with Gasteiger partial charge in [-0.1, -0.05) is 25.4 Å². The second-order valence-corrected chi connectivity index (χ2v) is 7.93. The molecule has 0 radical (unpaired) electrons. The van der Waals surface area contributed by atoms with Crippen LogP contribution in [0.4, 0.5) is 16.3 Å². The van der Waals surface area contributed by atoms with Crippen molar-refractivity contribution in [2.75, 3.05) is 10.7 Å². The van der Waals surface area contributed by atoms with Gasteiger partial charge in [-0.15, -0.1) is 0 Å². The van der Waals surface area contributed by atoms with Gasteiger partial charge in [-0.2, -0.15) is 5.10 Å². The van der Waals surface area contributed by atoms with Gasteiger partial charge in [0.05, 0.1) is 17.5 Å². The summed E-state index contributed by atoms with van der Waals surface area (Å²) in [6.45, 7) is 9.94. The third kappa shape index (κ3) is 4.91. The Kier molecular flexibility index (Phi) is 6.31. The van der Waals surface area contributed by atoms with Crippen molar-refractivity contribution in [3.05, 3.63) is 34.6 Å². The number of hydrogen-bond acceptors (Lipinski definition) is 6. The van der Waals surface area contributed by atoms with Crippen LogP contribution in [-0.4, -0.2) is 31.9 Å². The molecule has 0 aliphatic carbocycles. The number of ether oxygens (including phenoxy) is 1. The Bertz CT molecular complexity index is 1080. The molecular formula is C20H26ClN7O2. The molecule has 0 aliphatic heterocycles. The molecule has 2 amide bonds. The van der Waals surface area contributed by atoms with Gasteiger partial charge in [0, 0.05) is 18.5 Å². The lowest BCUT2D eigenvalue weighted by atomic mass is 10.00. The van der Waals surface area contributed by atoms with E-state index in [1.807, 2.05) is 33.9 Å². The van der Waals surface area contributed by atoms with Gasteiger partial charge >= 0.3 is 6.03 Å². The number of urea groups is 1. The number of nitrogens with zero attached hydrogens (tertiary/aromatic N) is 4. The number of carbonyl (C=O) groups excluding carboxylic acids is 1. The van der Waals surface area contributed by atoms with Crippen molar-refractivity contribution in [3.63, 3.8) is 0 Å². The van der Waals surface area contributed by atoms with Crippen molar-refractivity contribution < 1.29 is 9.53 Å². The molecule has 0 atom stereocenters. The number of aryl methyl sites for hydroxylation is 2. The van der Waals surface area contributed by atoms with Gasteiger partial charge < -0.3 is 10.1 Å². The van der Waals surface area contributed by atoms with E-state index in [0.717, 1.165) is 22.3 Å². The zero-order valence-corrected chi connectivity index (χ0v) is 18.6. The first-order chi connectivity index (χ1) is 14.1. The summed E-state index contributed by atoms with van der Waals surface area (Å²) in [6.07, 6.45) is -0.0638. The predicted octanol–water partition coefficient (Wildman–Crippen LogP) is 4.38. The fraction of sp³-hybridized carbons (Fsp3) is 0.400. The van der Waals surface area contributed by atoms with Gasteiger partial charge in [0.25, 0.3) is 0 Å². The molecule has 30 heavy (non-hydrogen) atoms. The quantitative estimate of drug-likeness (QED) is 0.395. The van der Waals surface area contributed by atoms with Crippen molar-refractivity contribution >= 4 is 40.2 Å². The highest BCUT2D eigenvalue weighted by Gasteiger charge is 2.16. The van der Waals surface area contributed by atoms with Crippen molar-refractivity contribution in [1.82, 2.24) is 25.2 Å². The maximum atomic E-state index is 12.3. The van der Waals surface area contributed by atoms with Crippen molar-refractivity contribution in [1.29, 1.82) is 0 Å². The van der Waals surface area contributed by atoms with Gasteiger partial charge in [0.2, 0.25) is 5.88 Å². The minimum atomic E-state index is -0.484. The van der Waals surface area contributed by atoms with Crippen LogP contribution in [0.2, 0.25) is 5.15 Å². The number of fused-ring (bicyclic) bond motifs is 1. The molecule has 3 N–H and O–H groups in total. The largest absolute Gasteiger partial charge is 0.475 e. The van der Waals surface area contributed by atoms with Crippen LogP contribution < -0.4 is 20.9 Å². The number of pyridine rings is 2. The van der Waals surface area contributed by atoms with E-state index in [-0.39, 0.29) is 17.2 Å². The molecule has 10 heteroatoms. The van der Waals surface area contributed by atoms with E-state index < -0.39 is 6.03 Å². The Labute approximate surface area is 180 Å². The Hall–Kier alpha value is -3.07. The summed E-state index contributed by atoms with van der Waals surface area (Å²) in [5.74, 6) is 1.12. The fourth-order valence-electron chi connectivity index (χ4n) is 3.13. The highest BCUT2D eigenvalue weighted by atomic mass is 35.5. The average molecular weight is 432 g/mol. The van der Waals surface area contributed by atoms with Crippen LogP contribution in [0.15, 0.2) is 18.2 Å². The van der Waals surface area contributed by atoms with Crippen LogP contribution in [0.1, 0.15) is 44.9 Å². The second kappa shape index (κ2) is 8.74. The molecule has 3 heterocycles. The first kappa shape index (κ1) is 21.6. The lowest BCUT2D eigenvalue weighted by molar-refractivity contribution is 0.233. The Balaban J connectivity index is 1.74. The minimum Gasteiger partial charge on any atom is -0.475 e. The lowest BCUT2D eigenvalue weighted by Gasteiger charge is -2.14. The van der Waals surface area contributed by atoms with E-state index in [1.54, 1.807) is 10.7 Å². The first-order valence-corrected chi connectivity index (χ1v) is 10.0. The van der Waals surface area contributed by atoms with Gasteiger partial charge in [-0.25, -0.2) is 14.8 Å². The van der Waals surface area contributed by atoms with Crippen LogP contribution in [0, 0.1) is 6.92 Å². The lowest BCUT2D eigenvalue weighted by Crippen LogP contribution is -2.34. The molecule has 3 aromatic rings. The summed E-state index contributed by atoms with van der Waals surface area (Å²) in [5, 5.41) is 8.41. The summed E-state index contributed by atoms with van der Waals surface area (Å²) < 4.78 is 7.27. The SMILES string of the molecule is Cc1nn(C)c2nc(NNC(=O)Nc3cc(Cl)nc(OC(C)C)c3)cc(C(C)C)c12. The monoisotopic (exact) mass is 431 g/mol. The number of nitrogens with one attached hydrogen (secondary N) is 3. The summed E-state index contributed by atoms with van der Waals surface area (Å²) in [4.78, 5) is 21.0. The van der Waals surface area contributed by atoms with Crippen molar-refractivity contribution in [2.24, 2.45) is 7.05 Å². The Morgan fingerprint density at radius 3 is 2.57 bits per heavy atom. The number of halogens is 1. The molecule has 0 aromatic carbocycles. The molecule has 0 saturated heterocycles. The molecule has 0 aliphatic rings. The molecule has 9 nitrogen and oxygen atoms in total. The topological polar surface area (TPSA) is 106 Å². The third-order valence-electron chi connectivity index (χ3n) is 4.31. The van der Waals surface area contributed by atoms with Gasteiger partial charge in [0.15, 0.2) is 5.65 Å². The standard InChI is InChI=1S/C20H26ClN7O2/c1-10(2)14-9-16(24-19-18(14)12(5)27-28(19)6)25-26-20(29)22-13-7-15(21)23-17(8-13)30-11(3)4/h7-11H,1-6H3,(H,24,25)(H2,22,23,26,29). The molecule has 160 valence electrons. The molecule has 0 unspecified atom stereocenters. The first-order valence-electron chi connectivity index (χ1n) is 9.65. The van der Waals surface area contributed by atoms with E-state index in [9.17, 15) is 4.79 Å². The van der Waals surface area contributed by atoms with Crippen molar-refractivity contribution in [3.8, 4) is 5.88 Å². The molecule has 3 aromatic heterocycles. The fourth-order valence-corrected chi connectivity index (χ4v) is 3.33. The third-order valence-corrected chi connectivity index (χ3v) is 4.50. The van der Waals surface area contributed by atoms with Gasteiger partial charge in [0.1, 0.15) is 11.0 Å². The maximum absolute atomic E-state index is 12.3.